The molecular weight excluding hydrogens is 194 g/mol. The Hall–Kier alpha value is -0.160. The second-order valence-electron chi connectivity index (χ2n) is 2.53. The molecule has 0 atom stereocenters. The molecule has 0 aliphatic rings. The van der Waals surface area contributed by atoms with Crippen molar-refractivity contribution in [1.29, 1.82) is 0 Å². The van der Waals surface area contributed by atoms with Gasteiger partial charge in [0.15, 0.2) is 0 Å². The first kappa shape index (κ1) is 17.2. The van der Waals surface area contributed by atoms with Gasteiger partial charge in [-0.3, -0.25) is 0 Å². The third kappa shape index (κ3) is 20.0. The van der Waals surface area contributed by atoms with Crippen LogP contribution >= 0.6 is 0 Å². The maximum atomic E-state index is 5.25. The van der Waals surface area contributed by atoms with Crippen molar-refractivity contribution < 1.29 is 14.2 Å². The molecule has 0 spiro atoms. The maximum absolute atomic E-state index is 5.25. The van der Waals surface area contributed by atoms with Crippen molar-refractivity contribution in [1.82, 2.24) is 5.32 Å². The van der Waals surface area contributed by atoms with Crippen molar-refractivity contribution in [3.8, 4) is 0 Å². The molecule has 0 bridgehead atoms. The van der Waals surface area contributed by atoms with E-state index in [4.69, 9.17) is 14.2 Å². The maximum Gasteiger partial charge on any atom is 0.0701 e. The van der Waals surface area contributed by atoms with Crippen LogP contribution in [0.25, 0.3) is 0 Å². The number of ether oxygens (including phenoxy) is 3. The normalized spacial score (nSPS) is 9.60. The molecule has 0 radical (unpaired) electrons. The highest BCUT2D eigenvalue weighted by Gasteiger charge is 1.89. The van der Waals surface area contributed by atoms with Crippen LogP contribution < -0.4 is 5.32 Å². The molecule has 0 aromatic heterocycles. The molecule has 0 aliphatic carbocycles. The van der Waals surface area contributed by atoms with E-state index in [2.05, 4.69) is 5.32 Å². The summed E-state index contributed by atoms with van der Waals surface area (Å²) in [4.78, 5) is 0. The number of nitrogens with one attached hydrogen (secondary N) is 1. The van der Waals surface area contributed by atoms with Gasteiger partial charge in [0.1, 0.15) is 0 Å². The predicted molar refractivity (Wildman–Crippen MR) is 63.4 cm³/mol. The molecule has 4 nitrogen and oxygen atoms in total. The van der Waals surface area contributed by atoms with Crippen LogP contribution in [0.3, 0.4) is 0 Å². The van der Waals surface area contributed by atoms with Gasteiger partial charge < -0.3 is 19.5 Å². The summed E-state index contributed by atoms with van der Waals surface area (Å²) in [7, 11) is 1.90. The predicted octanol–water partition coefficient (Wildman–Crippen LogP) is 1.30. The number of hydrogen-bond donors (Lipinski definition) is 1. The number of likely N-dealkylation sites (N-methyl/N-ethyl adjacent to an activating group) is 1. The van der Waals surface area contributed by atoms with Crippen LogP contribution in [0.2, 0.25) is 0 Å². The van der Waals surface area contributed by atoms with Gasteiger partial charge in [-0.25, -0.2) is 0 Å². The van der Waals surface area contributed by atoms with Gasteiger partial charge in [-0.05, 0) is 14.0 Å². The average Bonchev–Trinajstić information content (AvgIpc) is 2.30. The summed E-state index contributed by atoms with van der Waals surface area (Å²) in [5.74, 6) is 0. The molecule has 0 aliphatic heterocycles. The second kappa shape index (κ2) is 19.4. The van der Waals surface area contributed by atoms with Crippen molar-refractivity contribution in [2.24, 2.45) is 0 Å². The van der Waals surface area contributed by atoms with Gasteiger partial charge in [-0.15, -0.1) is 0 Å². The number of rotatable bonds is 10. The van der Waals surface area contributed by atoms with Crippen LogP contribution in [0.4, 0.5) is 0 Å². The highest BCUT2D eigenvalue weighted by atomic mass is 16.5. The summed E-state index contributed by atoms with van der Waals surface area (Å²) in [5.41, 5.74) is 0. The Morgan fingerprint density at radius 1 is 0.800 bits per heavy atom. The molecular formula is C11H27NO3. The lowest BCUT2D eigenvalue weighted by atomic mass is 10.6. The van der Waals surface area contributed by atoms with E-state index in [0.29, 0.717) is 26.4 Å². The van der Waals surface area contributed by atoms with Crippen molar-refractivity contribution in [2.45, 2.75) is 20.8 Å². The minimum atomic E-state index is 0.650. The molecule has 0 unspecified atom stereocenters. The summed E-state index contributed by atoms with van der Waals surface area (Å²) in [6, 6.07) is 0. The fraction of sp³-hybridized carbons (Fsp3) is 1.00. The monoisotopic (exact) mass is 221 g/mol. The quantitative estimate of drug-likeness (QED) is 0.565. The molecule has 4 heteroatoms. The molecule has 0 heterocycles. The van der Waals surface area contributed by atoms with E-state index in [1.54, 1.807) is 0 Å². The molecule has 0 saturated carbocycles. The first-order valence-electron chi connectivity index (χ1n) is 5.79. The summed E-state index contributed by atoms with van der Waals surface area (Å²) in [6.45, 7) is 11.0. The lowest BCUT2D eigenvalue weighted by molar-refractivity contribution is 0.0178. The molecule has 0 aromatic carbocycles. The smallest absolute Gasteiger partial charge is 0.0701 e. The minimum Gasteiger partial charge on any atom is -0.379 e. The Morgan fingerprint density at radius 2 is 1.27 bits per heavy atom. The summed E-state index contributed by atoms with van der Waals surface area (Å²) >= 11 is 0. The highest BCUT2D eigenvalue weighted by molar-refractivity contribution is 4.36. The summed E-state index contributed by atoms with van der Waals surface area (Å²) in [6.07, 6.45) is 0. The van der Waals surface area contributed by atoms with E-state index in [0.717, 1.165) is 19.8 Å². The van der Waals surface area contributed by atoms with Crippen LogP contribution in [0.15, 0.2) is 0 Å². The molecule has 0 amide bonds. The minimum absolute atomic E-state index is 0.650. The van der Waals surface area contributed by atoms with E-state index in [1.165, 1.54) is 0 Å². The molecule has 0 aromatic rings. The van der Waals surface area contributed by atoms with Crippen molar-refractivity contribution in [3.05, 3.63) is 0 Å². The SMILES string of the molecule is CC.CCOCCOCCOCCNC. The van der Waals surface area contributed by atoms with E-state index in [1.807, 2.05) is 27.8 Å². The van der Waals surface area contributed by atoms with Gasteiger partial charge in [0, 0.05) is 13.2 Å². The van der Waals surface area contributed by atoms with Gasteiger partial charge in [0.25, 0.3) is 0 Å². The largest absolute Gasteiger partial charge is 0.379 e. The van der Waals surface area contributed by atoms with Gasteiger partial charge in [0.05, 0.1) is 33.0 Å². The van der Waals surface area contributed by atoms with Crippen LogP contribution in [-0.2, 0) is 14.2 Å². The molecule has 0 saturated heterocycles. The topological polar surface area (TPSA) is 39.7 Å². The fourth-order valence-corrected chi connectivity index (χ4v) is 0.758. The Bertz CT molecular complexity index is 81.9. The molecule has 15 heavy (non-hydrogen) atoms. The zero-order chi connectivity index (χ0) is 11.8. The highest BCUT2D eigenvalue weighted by Crippen LogP contribution is 1.80. The molecule has 0 fully saturated rings. The average molecular weight is 221 g/mol. The zero-order valence-corrected chi connectivity index (χ0v) is 10.7. The lowest BCUT2D eigenvalue weighted by Crippen LogP contribution is -2.16. The Kier molecular flexibility index (Phi) is 22.3. The molecule has 0 rings (SSSR count). The van der Waals surface area contributed by atoms with Crippen molar-refractivity contribution in [2.75, 3.05) is 53.2 Å². The summed E-state index contributed by atoms with van der Waals surface area (Å²) < 4.78 is 15.6. The molecule has 94 valence electrons. The number of hydrogen-bond acceptors (Lipinski definition) is 4. The first-order valence-corrected chi connectivity index (χ1v) is 5.79. The Labute approximate surface area is 94.3 Å². The van der Waals surface area contributed by atoms with Crippen molar-refractivity contribution in [3.63, 3.8) is 0 Å². The van der Waals surface area contributed by atoms with Gasteiger partial charge in [0.2, 0.25) is 0 Å². The third-order valence-corrected chi connectivity index (χ3v) is 1.44. The third-order valence-electron chi connectivity index (χ3n) is 1.44. The second-order valence-corrected chi connectivity index (χ2v) is 2.53. The first-order chi connectivity index (χ1) is 7.41. The zero-order valence-electron chi connectivity index (χ0n) is 10.7. The Morgan fingerprint density at radius 3 is 1.73 bits per heavy atom. The standard InChI is InChI=1S/C9H21NO3.C2H6/c1-3-11-6-7-13-9-8-12-5-4-10-2;1-2/h10H,3-9H2,1-2H3;1-2H3. The van der Waals surface area contributed by atoms with Crippen LogP contribution in [0.5, 0.6) is 0 Å². The summed E-state index contributed by atoms with van der Waals surface area (Å²) in [5, 5.41) is 3.00. The van der Waals surface area contributed by atoms with Crippen LogP contribution in [0, 0.1) is 0 Å². The lowest BCUT2D eigenvalue weighted by Gasteiger charge is -2.05. The van der Waals surface area contributed by atoms with E-state index in [9.17, 15) is 0 Å². The van der Waals surface area contributed by atoms with E-state index < -0.39 is 0 Å². The van der Waals surface area contributed by atoms with E-state index in [-0.39, 0.29) is 0 Å². The van der Waals surface area contributed by atoms with Gasteiger partial charge in [-0.1, -0.05) is 13.8 Å². The van der Waals surface area contributed by atoms with E-state index >= 15 is 0 Å². The van der Waals surface area contributed by atoms with Gasteiger partial charge in [-0.2, -0.15) is 0 Å². The fourth-order valence-electron chi connectivity index (χ4n) is 0.758. The molecule has 1 N–H and O–H groups in total. The van der Waals surface area contributed by atoms with Crippen LogP contribution in [0.1, 0.15) is 20.8 Å². The Balaban J connectivity index is 0. The van der Waals surface area contributed by atoms with Gasteiger partial charge >= 0.3 is 0 Å². The van der Waals surface area contributed by atoms with Crippen molar-refractivity contribution >= 4 is 0 Å². The van der Waals surface area contributed by atoms with Crippen LogP contribution in [-0.4, -0.2) is 53.2 Å².